The number of nitrogens with zero attached hydrogens (tertiary/aromatic N) is 4. The average molecular weight is 481 g/mol. The summed E-state index contributed by atoms with van der Waals surface area (Å²) in [6.07, 6.45) is 8.25. The Morgan fingerprint density at radius 1 is 1.21 bits per heavy atom. The van der Waals surface area contributed by atoms with Crippen LogP contribution < -0.4 is 5.32 Å². The third kappa shape index (κ3) is 3.31. The van der Waals surface area contributed by atoms with Gasteiger partial charge in [-0.2, -0.15) is 5.26 Å². The van der Waals surface area contributed by atoms with Gasteiger partial charge in [0.05, 0.1) is 23.4 Å². The van der Waals surface area contributed by atoms with E-state index in [0.29, 0.717) is 28.0 Å². The van der Waals surface area contributed by atoms with Crippen molar-refractivity contribution in [2.75, 3.05) is 5.32 Å². The van der Waals surface area contributed by atoms with Gasteiger partial charge in [-0.1, -0.05) is 11.6 Å². The molecule has 4 aliphatic rings. The highest BCUT2D eigenvalue weighted by atomic mass is 35.5. The number of anilines is 1. The topological polar surface area (TPSA) is 128 Å². The monoisotopic (exact) mass is 480 g/mol. The van der Waals surface area contributed by atoms with Crippen molar-refractivity contribution in [3.8, 4) is 17.3 Å². The lowest BCUT2D eigenvalue weighted by atomic mass is 9.61. The van der Waals surface area contributed by atoms with Gasteiger partial charge in [-0.3, -0.25) is 4.79 Å². The number of aromatic nitrogens is 4. The molecule has 3 aromatic rings. The first-order chi connectivity index (χ1) is 16.5. The molecule has 2 bridgehead atoms. The number of carboxylic acid groups (broad SMARTS) is 1. The summed E-state index contributed by atoms with van der Waals surface area (Å²) in [5.41, 5.74) is 2.24. The Kier molecular flexibility index (Phi) is 4.96. The molecule has 0 amide bonds. The molecule has 7 rings (SSSR count). The van der Waals surface area contributed by atoms with Gasteiger partial charge in [0.1, 0.15) is 16.7 Å². The number of nitriles is 1. The number of carboxylic acids is 1. The number of hydrogen-bond donors (Lipinski definition) is 3. The molecule has 0 saturated heterocycles. The van der Waals surface area contributed by atoms with Gasteiger partial charge in [-0.05, 0) is 56.3 Å². The predicted octanol–water partition coefficient (Wildman–Crippen LogP) is 4.86. The largest absolute Gasteiger partial charge is 0.481 e. The summed E-state index contributed by atoms with van der Waals surface area (Å²) < 4.78 is 15.9. The normalized spacial score (nSPS) is 25.9. The van der Waals surface area contributed by atoms with Crippen LogP contribution in [0.2, 0.25) is 5.15 Å². The quantitative estimate of drug-likeness (QED) is 0.475. The number of fused-ring (bicyclic) bond motifs is 4. The Morgan fingerprint density at radius 3 is 2.62 bits per heavy atom. The van der Waals surface area contributed by atoms with Crippen molar-refractivity contribution in [3.63, 3.8) is 0 Å². The summed E-state index contributed by atoms with van der Waals surface area (Å²) in [5, 5.41) is 23.3. The second kappa shape index (κ2) is 7.91. The number of H-pyrrole nitrogens is 1. The van der Waals surface area contributed by atoms with E-state index >= 15 is 4.39 Å². The zero-order chi connectivity index (χ0) is 23.6. The molecule has 3 heterocycles. The van der Waals surface area contributed by atoms with Crippen LogP contribution in [0.4, 0.5) is 10.2 Å². The number of aliphatic carboxylic acids is 1. The molecule has 8 nitrogen and oxygen atoms in total. The van der Waals surface area contributed by atoms with Gasteiger partial charge in [0, 0.05) is 23.4 Å². The van der Waals surface area contributed by atoms with Gasteiger partial charge < -0.3 is 15.4 Å². The molecule has 4 saturated carbocycles. The zero-order valence-corrected chi connectivity index (χ0v) is 18.9. The molecule has 4 fully saturated rings. The van der Waals surface area contributed by atoms with E-state index in [1.165, 1.54) is 6.20 Å². The lowest BCUT2D eigenvalue weighted by Gasteiger charge is -2.47. The summed E-state index contributed by atoms with van der Waals surface area (Å²) in [4.78, 5) is 28.3. The summed E-state index contributed by atoms with van der Waals surface area (Å²) >= 11 is 6.07. The molecule has 174 valence electrons. The Balaban J connectivity index is 1.51. The SMILES string of the molecule is N#Cc1c(-c2c[nH]c3ncc(Cl)nc23)nc(NC2C3CCC(CC3)C2C(=O)O)c(F)c1C1CC1. The van der Waals surface area contributed by atoms with E-state index in [4.69, 9.17) is 11.6 Å². The first-order valence-electron chi connectivity index (χ1n) is 11.6. The zero-order valence-electron chi connectivity index (χ0n) is 18.2. The molecule has 10 heteroatoms. The summed E-state index contributed by atoms with van der Waals surface area (Å²) in [6, 6.07) is 1.75. The van der Waals surface area contributed by atoms with Crippen LogP contribution in [-0.4, -0.2) is 37.1 Å². The first kappa shape index (κ1) is 21.3. The maximum absolute atomic E-state index is 15.9. The Bertz CT molecular complexity index is 1360. The minimum Gasteiger partial charge on any atom is -0.481 e. The van der Waals surface area contributed by atoms with Crippen LogP contribution in [0.5, 0.6) is 0 Å². The Hall–Kier alpha value is -3.25. The van der Waals surface area contributed by atoms with Crippen LogP contribution in [0.1, 0.15) is 55.6 Å². The highest BCUT2D eigenvalue weighted by Gasteiger charge is 2.48. The van der Waals surface area contributed by atoms with Gasteiger partial charge in [-0.25, -0.2) is 19.3 Å². The van der Waals surface area contributed by atoms with Gasteiger partial charge >= 0.3 is 5.97 Å². The lowest BCUT2D eigenvalue weighted by molar-refractivity contribution is -0.148. The number of aromatic amines is 1. The van der Waals surface area contributed by atoms with Crippen LogP contribution >= 0.6 is 11.6 Å². The predicted molar refractivity (Wildman–Crippen MR) is 123 cm³/mol. The standard InChI is InChI=1S/C24H22ClFN6O2/c25-15-9-29-23-21(30-15)14(8-28-23)20-13(7-27)16(10-1-2-10)18(26)22(32-20)31-19-12-5-3-11(4-6-12)17(19)24(33)34/h8-12,17,19H,1-6H2,(H,28,29)(H,31,32)(H,33,34). The van der Waals surface area contributed by atoms with Gasteiger partial charge in [0.25, 0.3) is 0 Å². The van der Waals surface area contributed by atoms with E-state index < -0.39 is 23.7 Å². The van der Waals surface area contributed by atoms with E-state index in [0.717, 1.165) is 38.5 Å². The van der Waals surface area contributed by atoms with Gasteiger partial charge in [-0.15, -0.1) is 0 Å². The molecular formula is C24H22ClFN6O2. The van der Waals surface area contributed by atoms with Gasteiger partial charge in [0.15, 0.2) is 17.3 Å². The van der Waals surface area contributed by atoms with Crippen molar-refractivity contribution >= 4 is 34.6 Å². The molecule has 2 unspecified atom stereocenters. The molecule has 4 aliphatic carbocycles. The molecule has 2 atom stereocenters. The van der Waals surface area contributed by atoms with Crippen LogP contribution in [0, 0.1) is 34.9 Å². The molecule has 0 aromatic carbocycles. The maximum atomic E-state index is 15.9. The fourth-order valence-electron chi connectivity index (χ4n) is 5.96. The summed E-state index contributed by atoms with van der Waals surface area (Å²) in [5.74, 6) is -1.83. The van der Waals surface area contributed by atoms with Gasteiger partial charge in [0.2, 0.25) is 0 Å². The van der Waals surface area contributed by atoms with Crippen LogP contribution in [0.25, 0.3) is 22.4 Å². The molecule has 3 aromatic heterocycles. The average Bonchev–Trinajstić information content (AvgIpc) is 3.59. The van der Waals surface area contributed by atoms with E-state index in [1.54, 1.807) is 6.20 Å². The molecule has 0 radical (unpaired) electrons. The van der Waals surface area contributed by atoms with Crippen LogP contribution in [-0.2, 0) is 4.79 Å². The highest BCUT2D eigenvalue weighted by molar-refractivity contribution is 6.29. The second-order valence-electron chi connectivity index (χ2n) is 9.60. The fraction of sp³-hybridized carbons (Fsp3) is 0.458. The fourth-order valence-corrected chi connectivity index (χ4v) is 6.09. The third-order valence-electron chi connectivity index (χ3n) is 7.69. The second-order valence-corrected chi connectivity index (χ2v) is 9.99. The van der Waals surface area contributed by atoms with Crippen molar-refractivity contribution in [1.82, 2.24) is 19.9 Å². The minimum atomic E-state index is -0.856. The van der Waals surface area contributed by atoms with Crippen molar-refractivity contribution in [2.24, 2.45) is 17.8 Å². The molecule has 0 spiro atoms. The molecule has 34 heavy (non-hydrogen) atoms. The number of nitrogens with one attached hydrogen (secondary N) is 2. The number of hydrogen-bond acceptors (Lipinski definition) is 6. The van der Waals surface area contributed by atoms with Crippen LogP contribution in [0.3, 0.4) is 0 Å². The third-order valence-corrected chi connectivity index (χ3v) is 7.87. The maximum Gasteiger partial charge on any atom is 0.308 e. The van der Waals surface area contributed by atoms with E-state index in [1.807, 2.05) is 0 Å². The van der Waals surface area contributed by atoms with Crippen molar-refractivity contribution in [2.45, 2.75) is 50.5 Å². The van der Waals surface area contributed by atoms with Crippen molar-refractivity contribution in [3.05, 3.63) is 34.5 Å². The molecule has 3 N–H and O–H groups in total. The molecular weight excluding hydrogens is 459 g/mol. The number of rotatable bonds is 5. The van der Waals surface area contributed by atoms with E-state index in [2.05, 4.69) is 31.3 Å². The highest BCUT2D eigenvalue weighted by Crippen LogP contribution is 2.49. The van der Waals surface area contributed by atoms with Crippen molar-refractivity contribution < 1.29 is 14.3 Å². The molecule has 0 aliphatic heterocycles. The van der Waals surface area contributed by atoms with Crippen LogP contribution in [0.15, 0.2) is 12.4 Å². The first-order valence-corrected chi connectivity index (χ1v) is 12.0. The summed E-state index contributed by atoms with van der Waals surface area (Å²) in [6.45, 7) is 0. The summed E-state index contributed by atoms with van der Waals surface area (Å²) in [7, 11) is 0. The Morgan fingerprint density at radius 2 is 1.94 bits per heavy atom. The Labute approximate surface area is 199 Å². The van der Waals surface area contributed by atoms with Crippen molar-refractivity contribution in [1.29, 1.82) is 5.26 Å². The van der Waals surface area contributed by atoms with E-state index in [-0.39, 0.29) is 34.3 Å². The number of carbonyl (C=O) groups is 1. The number of pyridine rings is 1. The minimum absolute atomic E-state index is 0.00374. The lowest BCUT2D eigenvalue weighted by Crippen LogP contribution is -2.51. The smallest absolute Gasteiger partial charge is 0.308 e. The number of halogens is 2. The van der Waals surface area contributed by atoms with E-state index in [9.17, 15) is 15.2 Å².